The van der Waals surface area contributed by atoms with Crippen molar-refractivity contribution in [2.45, 2.75) is 18.6 Å². The second-order valence-electron chi connectivity index (χ2n) is 6.93. The minimum atomic E-state index is -0.272. The summed E-state index contributed by atoms with van der Waals surface area (Å²) in [6.07, 6.45) is 0. The highest BCUT2D eigenvalue weighted by Crippen LogP contribution is 2.34. The molecule has 0 bridgehead atoms. The smallest absolute Gasteiger partial charge is 0.252 e. The number of halogens is 1. The van der Waals surface area contributed by atoms with E-state index in [9.17, 15) is 9.59 Å². The number of amides is 1. The molecule has 0 aliphatic rings. The lowest BCUT2D eigenvalue weighted by atomic mass is 10.2. The van der Waals surface area contributed by atoms with Crippen molar-refractivity contribution in [1.29, 1.82) is 0 Å². The third-order valence-corrected chi connectivity index (χ3v) is 6.83. The number of benzene rings is 2. The van der Waals surface area contributed by atoms with E-state index in [4.69, 9.17) is 11.6 Å². The van der Waals surface area contributed by atoms with Crippen LogP contribution in [0.2, 0.25) is 5.02 Å². The lowest BCUT2D eigenvalue weighted by Gasteiger charge is -2.06. The number of hydrogen-bond acceptors (Lipinski definition) is 6. The van der Waals surface area contributed by atoms with Crippen molar-refractivity contribution < 1.29 is 4.79 Å². The van der Waals surface area contributed by atoms with Gasteiger partial charge in [-0.3, -0.25) is 9.59 Å². The molecule has 1 amide bonds. The predicted octanol–water partition coefficient (Wildman–Crippen LogP) is 4.93. The first-order valence-electron chi connectivity index (χ1n) is 9.76. The number of hydrogen-bond donors (Lipinski definition) is 2. The van der Waals surface area contributed by atoms with E-state index < -0.39 is 0 Å². The summed E-state index contributed by atoms with van der Waals surface area (Å²) in [7, 11) is 0. The molecule has 0 spiro atoms. The summed E-state index contributed by atoms with van der Waals surface area (Å²) in [6, 6.07) is 18.6. The van der Waals surface area contributed by atoms with Gasteiger partial charge in [-0.1, -0.05) is 65.8 Å². The van der Waals surface area contributed by atoms with Gasteiger partial charge in [-0.05, 0) is 24.6 Å². The fourth-order valence-corrected chi connectivity index (χ4v) is 4.94. The second-order valence-corrected chi connectivity index (χ2v) is 9.33. The Bertz CT molecular complexity index is 1300. The highest BCUT2D eigenvalue weighted by Gasteiger charge is 2.14. The number of thioether (sulfide) groups is 1. The quantitative estimate of drug-likeness (QED) is 0.288. The van der Waals surface area contributed by atoms with Crippen LogP contribution in [0.1, 0.15) is 11.3 Å². The number of aromatic amines is 1. The minimum absolute atomic E-state index is 0.129. The van der Waals surface area contributed by atoms with Crippen molar-refractivity contribution in [3.05, 3.63) is 87.3 Å². The number of carbonyl (C=O) groups excluding carboxylic acids is 1. The van der Waals surface area contributed by atoms with Gasteiger partial charge in [-0.2, -0.15) is 0 Å². The summed E-state index contributed by atoms with van der Waals surface area (Å²) in [5, 5.41) is 4.72. The molecule has 2 heterocycles. The molecule has 162 valence electrons. The van der Waals surface area contributed by atoms with Gasteiger partial charge in [-0.15, -0.1) is 11.3 Å². The first-order valence-corrected chi connectivity index (χ1v) is 11.9. The fourth-order valence-electron chi connectivity index (χ4n) is 2.99. The monoisotopic (exact) mass is 482 g/mol. The van der Waals surface area contributed by atoms with Crippen molar-refractivity contribution in [2.24, 2.45) is 0 Å². The number of thiazole rings is 1. The van der Waals surface area contributed by atoms with Crippen molar-refractivity contribution in [2.75, 3.05) is 5.75 Å². The van der Waals surface area contributed by atoms with E-state index in [-0.39, 0.29) is 17.2 Å². The molecule has 0 aliphatic carbocycles. The highest BCUT2D eigenvalue weighted by atomic mass is 35.5. The number of rotatable bonds is 7. The van der Waals surface area contributed by atoms with E-state index in [1.54, 1.807) is 12.1 Å². The van der Waals surface area contributed by atoms with Gasteiger partial charge in [-0.25, -0.2) is 9.97 Å². The molecule has 2 N–H and O–H groups in total. The van der Waals surface area contributed by atoms with Crippen LogP contribution in [0, 0.1) is 6.92 Å². The van der Waals surface area contributed by atoms with Crippen LogP contribution in [0.5, 0.6) is 0 Å². The van der Waals surface area contributed by atoms with E-state index in [2.05, 4.69) is 20.3 Å². The molecule has 0 fully saturated rings. The van der Waals surface area contributed by atoms with Crippen LogP contribution < -0.4 is 10.9 Å². The molecule has 32 heavy (non-hydrogen) atoms. The predicted molar refractivity (Wildman–Crippen MR) is 130 cm³/mol. The van der Waals surface area contributed by atoms with Crippen molar-refractivity contribution in [3.63, 3.8) is 0 Å². The first kappa shape index (κ1) is 22.3. The summed E-state index contributed by atoms with van der Waals surface area (Å²) < 4.78 is 0. The van der Waals surface area contributed by atoms with Crippen LogP contribution in [0.4, 0.5) is 0 Å². The molecule has 4 aromatic rings. The van der Waals surface area contributed by atoms with Crippen LogP contribution in [-0.4, -0.2) is 26.6 Å². The molecule has 0 radical (unpaired) electrons. The fraction of sp³-hybridized carbons (Fsp3) is 0.130. The van der Waals surface area contributed by atoms with Crippen molar-refractivity contribution in [1.82, 2.24) is 20.3 Å². The zero-order valence-electron chi connectivity index (χ0n) is 17.1. The average Bonchev–Trinajstić information content (AvgIpc) is 3.18. The number of nitrogens with zero attached hydrogens (tertiary/aromatic N) is 2. The molecule has 0 atom stereocenters. The Labute approximate surface area is 198 Å². The largest absolute Gasteiger partial charge is 0.351 e. The van der Waals surface area contributed by atoms with Crippen LogP contribution in [0.3, 0.4) is 0 Å². The molecular weight excluding hydrogens is 464 g/mol. The van der Waals surface area contributed by atoms with E-state index in [1.165, 1.54) is 29.2 Å². The summed E-state index contributed by atoms with van der Waals surface area (Å²) in [5.41, 5.74) is 3.02. The maximum absolute atomic E-state index is 12.2. The Morgan fingerprint density at radius 3 is 2.72 bits per heavy atom. The number of aryl methyl sites for hydroxylation is 1. The SMILES string of the molecule is Cc1nc(-c2ccccc2)sc1-c1cc(=O)[nH]c(SCC(=O)NCc2cccc(Cl)c2)n1. The number of H-pyrrole nitrogens is 1. The first-order chi connectivity index (χ1) is 15.5. The Balaban J connectivity index is 1.45. The summed E-state index contributed by atoms with van der Waals surface area (Å²) in [5.74, 6) is -0.0347. The summed E-state index contributed by atoms with van der Waals surface area (Å²) >= 11 is 8.63. The van der Waals surface area contributed by atoms with Gasteiger partial charge in [0.25, 0.3) is 5.56 Å². The standard InChI is InChI=1S/C23H19ClN4O2S2/c1-14-21(32-22(26-14)16-7-3-2-4-8-16)18-11-19(29)28-23(27-18)31-13-20(30)25-12-15-6-5-9-17(24)10-15/h2-11H,12-13H2,1H3,(H,25,30)(H,27,28,29). The maximum atomic E-state index is 12.2. The Hall–Kier alpha value is -2.94. The van der Waals surface area contributed by atoms with Gasteiger partial charge in [0.15, 0.2) is 5.16 Å². The van der Waals surface area contributed by atoms with Gasteiger partial charge >= 0.3 is 0 Å². The third kappa shape index (κ3) is 5.64. The van der Waals surface area contributed by atoms with Gasteiger partial charge in [0.05, 0.1) is 22.0 Å². The third-order valence-electron chi connectivity index (χ3n) is 4.49. The van der Waals surface area contributed by atoms with Gasteiger partial charge in [0.2, 0.25) is 5.91 Å². The summed E-state index contributed by atoms with van der Waals surface area (Å²) in [6.45, 7) is 2.28. The van der Waals surface area contributed by atoms with E-state index in [1.807, 2.05) is 49.4 Å². The van der Waals surface area contributed by atoms with E-state index in [0.29, 0.717) is 22.4 Å². The molecule has 6 nitrogen and oxygen atoms in total. The van der Waals surface area contributed by atoms with Gasteiger partial charge in [0.1, 0.15) is 5.01 Å². The molecule has 0 saturated heterocycles. The molecule has 4 rings (SSSR count). The highest BCUT2D eigenvalue weighted by molar-refractivity contribution is 7.99. The van der Waals surface area contributed by atoms with Crippen molar-refractivity contribution >= 4 is 40.6 Å². The van der Waals surface area contributed by atoms with Crippen LogP contribution in [0.25, 0.3) is 21.1 Å². The molecule has 9 heteroatoms. The number of aromatic nitrogens is 3. The molecule has 2 aromatic carbocycles. The Morgan fingerprint density at radius 1 is 1.12 bits per heavy atom. The van der Waals surface area contributed by atoms with Gasteiger partial charge < -0.3 is 10.3 Å². The zero-order valence-corrected chi connectivity index (χ0v) is 19.5. The molecule has 2 aromatic heterocycles. The lowest BCUT2D eigenvalue weighted by Crippen LogP contribution is -2.24. The Kier molecular flexibility index (Phi) is 7.04. The molecule has 0 aliphatic heterocycles. The average molecular weight is 483 g/mol. The summed E-state index contributed by atoms with van der Waals surface area (Å²) in [4.78, 5) is 37.2. The van der Waals surface area contributed by atoms with E-state index in [0.717, 1.165) is 26.7 Å². The van der Waals surface area contributed by atoms with E-state index >= 15 is 0 Å². The lowest BCUT2D eigenvalue weighted by molar-refractivity contribution is -0.118. The van der Waals surface area contributed by atoms with Crippen LogP contribution >= 0.6 is 34.7 Å². The zero-order chi connectivity index (χ0) is 22.5. The maximum Gasteiger partial charge on any atom is 0.252 e. The van der Waals surface area contributed by atoms with Gasteiger partial charge in [0, 0.05) is 23.2 Å². The Morgan fingerprint density at radius 2 is 1.94 bits per heavy atom. The number of carbonyl (C=O) groups is 1. The van der Waals surface area contributed by atoms with Crippen molar-refractivity contribution in [3.8, 4) is 21.1 Å². The molecule has 0 saturated carbocycles. The van der Waals surface area contributed by atoms with Crippen LogP contribution in [0.15, 0.2) is 70.6 Å². The molecule has 0 unspecified atom stereocenters. The van der Waals surface area contributed by atoms with Crippen LogP contribution in [-0.2, 0) is 11.3 Å². The number of nitrogens with one attached hydrogen (secondary N) is 2. The molecular formula is C23H19ClN4O2S2. The topological polar surface area (TPSA) is 87.7 Å². The minimum Gasteiger partial charge on any atom is -0.351 e. The second kappa shape index (κ2) is 10.1. The normalized spacial score (nSPS) is 10.8.